The maximum absolute atomic E-state index is 9.62. The number of rotatable bonds is 7. The van der Waals surface area contributed by atoms with Crippen molar-refractivity contribution in [3.05, 3.63) is 0 Å². The van der Waals surface area contributed by atoms with Crippen molar-refractivity contribution in [2.75, 3.05) is 19.7 Å². The van der Waals surface area contributed by atoms with E-state index in [2.05, 4.69) is 6.92 Å². The Kier molecular flexibility index (Phi) is 6.28. The molecule has 1 rings (SSSR count). The molecule has 96 valence electrons. The van der Waals surface area contributed by atoms with Gasteiger partial charge in [0.25, 0.3) is 0 Å². The minimum atomic E-state index is -0.791. The Morgan fingerprint density at radius 2 is 1.81 bits per heavy atom. The molecule has 0 bridgehead atoms. The molecule has 1 saturated heterocycles. The summed E-state index contributed by atoms with van der Waals surface area (Å²) in [5, 5.41) is 28.3. The van der Waals surface area contributed by atoms with Crippen LogP contribution >= 0.6 is 0 Å². The van der Waals surface area contributed by atoms with Crippen molar-refractivity contribution in [2.45, 2.75) is 57.3 Å². The van der Waals surface area contributed by atoms with E-state index in [0.717, 1.165) is 13.0 Å². The van der Waals surface area contributed by atoms with Crippen molar-refractivity contribution in [2.24, 2.45) is 0 Å². The molecule has 1 aliphatic rings. The van der Waals surface area contributed by atoms with Gasteiger partial charge in [0.1, 0.15) is 0 Å². The smallest absolute Gasteiger partial charge is 0.0988 e. The lowest BCUT2D eigenvalue weighted by Crippen LogP contribution is -2.39. The van der Waals surface area contributed by atoms with E-state index in [0.29, 0.717) is 6.54 Å². The first-order chi connectivity index (χ1) is 7.70. The standard InChI is InChI=1S/C12H25NO3/c1-2-3-4-5-6-7-13-8-11(15)12(16)10(13)9-14/h10-12,14-16H,2-9H2,1H3/t10-,11-,12-/m0/s1. The highest BCUT2D eigenvalue weighted by atomic mass is 16.3. The highest BCUT2D eigenvalue weighted by Crippen LogP contribution is 2.19. The van der Waals surface area contributed by atoms with Crippen molar-refractivity contribution in [1.29, 1.82) is 0 Å². The Morgan fingerprint density at radius 1 is 1.12 bits per heavy atom. The second-order valence-corrected chi connectivity index (χ2v) is 4.72. The number of aliphatic hydroxyl groups excluding tert-OH is 3. The van der Waals surface area contributed by atoms with Gasteiger partial charge in [-0.15, -0.1) is 0 Å². The highest BCUT2D eigenvalue weighted by molar-refractivity contribution is 4.92. The summed E-state index contributed by atoms with van der Waals surface area (Å²) in [4.78, 5) is 2.00. The van der Waals surface area contributed by atoms with Crippen LogP contribution < -0.4 is 0 Å². The molecule has 0 unspecified atom stereocenters. The lowest BCUT2D eigenvalue weighted by Gasteiger charge is -2.23. The van der Waals surface area contributed by atoms with Gasteiger partial charge in [-0.3, -0.25) is 4.90 Å². The molecule has 0 amide bonds. The Hall–Kier alpha value is -0.160. The molecule has 0 aromatic heterocycles. The van der Waals surface area contributed by atoms with Gasteiger partial charge in [0.2, 0.25) is 0 Å². The van der Waals surface area contributed by atoms with E-state index in [4.69, 9.17) is 5.11 Å². The van der Waals surface area contributed by atoms with Crippen LogP contribution in [-0.4, -0.2) is 58.2 Å². The van der Waals surface area contributed by atoms with E-state index in [1.54, 1.807) is 0 Å². The first kappa shape index (κ1) is 13.9. The Morgan fingerprint density at radius 3 is 2.44 bits per heavy atom. The van der Waals surface area contributed by atoms with Gasteiger partial charge < -0.3 is 15.3 Å². The lowest BCUT2D eigenvalue weighted by atomic mass is 10.1. The fourth-order valence-corrected chi connectivity index (χ4v) is 2.36. The van der Waals surface area contributed by atoms with Crippen molar-refractivity contribution in [1.82, 2.24) is 4.90 Å². The molecule has 1 fully saturated rings. The Balaban J connectivity index is 2.20. The normalized spacial score (nSPS) is 31.1. The van der Waals surface area contributed by atoms with Crippen molar-refractivity contribution >= 4 is 0 Å². The molecule has 0 saturated carbocycles. The molecule has 1 heterocycles. The van der Waals surface area contributed by atoms with Gasteiger partial charge in [-0.2, -0.15) is 0 Å². The number of hydrogen-bond acceptors (Lipinski definition) is 4. The monoisotopic (exact) mass is 231 g/mol. The van der Waals surface area contributed by atoms with Gasteiger partial charge in [0.05, 0.1) is 24.9 Å². The summed E-state index contributed by atoms with van der Waals surface area (Å²) in [6.45, 7) is 3.46. The van der Waals surface area contributed by atoms with Crippen LogP contribution in [0.3, 0.4) is 0 Å². The fraction of sp³-hybridized carbons (Fsp3) is 1.00. The topological polar surface area (TPSA) is 63.9 Å². The molecule has 3 atom stereocenters. The fourth-order valence-electron chi connectivity index (χ4n) is 2.36. The third kappa shape index (κ3) is 3.70. The van der Waals surface area contributed by atoms with Crippen LogP contribution in [0.1, 0.15) is 39.0 Å². The minimum absolute atomic E-state index is 0.0762. The molecule has 0 spiro atoms. The molecular formula is C12H25NO3. The molecule has 0 aromatic carbocycles. The van der Waals surface area contributed by atoms with Crippen LogP contribution in [0.2, 0.25) is 0 Å². The van der Waals surface area contributed by atoms with Crippen LogP contribution in [0.5, 0.6) is 0 Å². The van der Waals surface area contributed by atoms with Crippen LogP contribution in [0.15, 0.2) is 0 Å². The molecule has 0 radical (unpaired) electrons. The molecule has 4 nitrogen and oxygen atoms in total. The summed E-state index contributed by atoms with van der Waals surface area (Å²) >= 11 is 0. The Bertz CT molecular complexity index is 189. The number of hydrogen-bond donors (Lipinski definition) is 3. The predicted molar refractivity (Wildman–Crippen MR) is 63.2 cm³/mol. The highest BCUT2D eigenvalue weighted by Gasteiger charge is 2.38. The van der Waals surface area contributed by atoms with E-state index >= 15 is 0 Å². The van der Waals surface area contributed by atoms with Gasteiger partial charge in [-0.25, -0.2) is 0 Å². The number of likely N-dealkylation sites (tertiary alicyclic amines) is 1. The quantitative estimate of drug-likeness (QED) is 0.553. The summed E-state index contributed by atoms with van der Waals surface area (Å²) in [6.07, 6.45) is 4.53. The summed E-state index contributed by atoms with van der Waals surface area (Å²) in [5.41, 5.74) is 0. The molecule has 0 aromatic rings. The largest absolute Gasteiger partial charge is 0.395 e. The van der Waals surface area contributed by atoms with Crippen LogP contribution in [-0.2, 0) is 0 Å². The maximum Gasteiger partial charge on any atom is 0.0988 e. The average molecular weight is 231 g/mol. The van der Waals surface area contributed by atoms with Crippen molar-refractivity contribution in [3.63, 3.8) is 0 Å². The third-order valence-corrected chi connectivity index (χ3v) is 3.41. The number of aliphatic hydroxyl groups is 3. The lowest BCUT2D eigenvalue weighted by molar-refractivity contribution is 0.0216. The minimum Gasteiger partial charge on any atom is -0.395 e. The van der Waals surface area contributed by atoms with E-state index in [9.17, 15) is 10.2 Å². The van der Waals surface area contributed by atoms with Crippen LogP contribution in [0, 0.1) is 0 Å². The van der Waals surface area contributed by atoms with E-state index < -0.39 is 12.2 Å². The number of nitrogens with zero attached hydrogens (tertiary/aromatic N) is 1. The molecule has 1 aliphatic heterocycles. The second-order valence-electron chi connectivity index (χ2n) is 4.72. The van der Waals surface area contributed by atoms with Crippen molar-refractivity contribution < 1.29 is 15.3 Å². The molecular weight excluding hydrogens is 206 g/mol. The van der Waals surface area contributed by atoms with E-state index in [-0.39, 0.29) is 12.6 Å². The molecule has 16 heavy (non-hydrogen) atoms. The number of β-amino-alcohol motifs (C(OH)–C–C–N with tert-alkyl or cyclic N) is 1. The van der Waals surface area contributed by atoms with Gasteiger partial charge >= 0.3 is 0 Å². The van der Waals surface area contributed by atoms with Gasteiger partial charge in [0.15, 0.2) is 0 Å². The zero-order chi connectivity index (χ0) is 12.0. The zero-order valence-corrected chi connectivity index (χ0v) is 10.2. The first-order valence-corrected chi connectivity index (χ1v) is 6.41. The van der Waals surface area contributed by atoms with Crippen LogP contribution in [0.25, 0.3) is 0 Å². The van der Waals surface area contributed by atoms with E-state index in [1.165, 1.54) is 25.7 Å². The zero-order valence-electron chi connectivity index (χ0n) is 10.2. The molecule has 3 N–H and O–H groups in total. The SMILES string of the molecule is CCCCCCCN1C[C@H](O)[C@@H](O)[C@@H]1CO. The first-order valence-electron chi connectivity index (χ1n) is 6.41. The molecule has 4 heteroatoms. The summed E-state index contributed by atoms with van der Waals surface area (Å²) in [5.74, 6) is 0. The summed E-state index contributed by atoms with van der Waals surface area (Å²) in [7, 11) is 0. The Labute approximate surface area is 97.9 Å². The van der Waals surface area contributed by atoms with Crippen molar-refractivity contribution in [3.8, 4) is 0 Å². The third-order valence-electron chi connectivity index (χ3n) is 3.41. The average Bonchev–Trinajstić information content (AvgIpc) is 2.54. The van der Waals surface area contributed by atoms with Gasteiger partial charge in [0, 0.05) is 6.54 Å². The maximum atomic E-state index is 9.62. The predicted octanol–water partition coefficient (Wildman–Crippen LogP) is 0.355. The summed E-state index contributed by atoms with van der Waals surface area (Å²) < 4.78 is 0. The molecule has 0 aliphatic carbocycles. The number of unbranched alkanes of at least 4 members (excludes halogenated alkanes) is 4. The van der Waals surface area contributed by atoms with E-state index in [1.807, 2.05) is 4.90 Å². The second kappa shape index (κ2) is 7.22. The van der Waals surface area contributed by atoms with Gasteiger partial charge in [-0.05, 0) is 13.0 Å². The van der Waals surface area contributed by atoms with Crippen LogP contribution in [0.4, 0.5) is 0 Å². The van der Waals surface area contributed by atoms with Gasteiger partial charge in [-0.1, -0.05) is 32.6 Å². The summed E-state index contributed by atoms with van der Waals surface area (Å²) in [6, 6.07) is -0.277.